The quantitative estimate of drug-likeness (QED) is 0.652. The van der Waals surface area contributed by atoms with Gasteiger partial charge < -0.3 is 9.47 Å². The minimum atomic E-state index is -0.388. The normalized spacial score (nSPS) is 16.2. The van der Waals surface area contributed by atoms with E-state index in [1.807, 2.05) is 62.3 Å². The summed E-state index contributed by atoms with van der Waals surface area (Å²) in [5.74, 6) is 1.29. The first kappa shape index (κ1) is 20.3. The van der Waals surface area contributed by atoms with Crippen LogP contribution in [0.2, 0.25) is 0 Å². The topological polar surface area (TPSA) is 73.0 Å². The third kappa shape index (κ3) is 3.76. The number of imidazole rings is 1. The highest BCUT2D eigenvalue weighted by Crippen LogP contribution is 2.26. The number of benzene rings is 1. The van der Waals surface area contributed by atoms with Gasteiger partial charge in [-0.15, -0.1) is 0 Å². The fourth-order valence-electron chi connectivity index (χ4n) is 4.40. The molecule has 0 saturated carbocycles. The highest BCUT2D eigenvalue weighted by atomic mass is 16.2. The van der Waals surface area contributed by atoms with Crippen LogP contribution in [0.1, 0.15) is 44.1 Å². The minimum Gasteiger partial charge on any atom is -0.342 e. The molecule has 1 aromatic carbocycles. The average molecular weight is 408 g/mol. The summed E-state index contributed by atoms with van der Waals surface area (Å²) >= 11 is 0. The van der Waals surface area contributed by atoms with Crippen LogP contribution in [0, 0.1) is 12.8 Å². The molecule has 7 heteroatoms. The number of nitrogens with zero attached hydrogens (tertiary/aromatic N) is 5. The van der Waals surface area contributed by atoms with Gasteiger partial charge in [-0.1, -0.05) is 18.2 Å². The fourth-order valence-corrected chi connectivity index (χ4v) is 4.40. The fraction of sp³-hybridized carbons (Fsp3) is 0.478. The van der Waals surface area contributed by atoms with Gasteiger partial charge in [-0.3, -0.25) is 9.59 Å². The van der Waals surface area contributed by atoms with Gasteiger partial charge in [-0.05, 0) is 45.6 Å². The van der Waals surface area contributed by atoms with E-state index in [2.05, 4.69) is 14.6 Å². The van der Waals surface area contributed by atoms with Crippen molar-refractivity contribution in [3.63, 3.8) is 0 Å². The second-order valence-electron chi connectivity index (χ2n) is 8.17. The molecule has 1 amide bonds. The zero-order valence-electron chi connectivity index (χ0n) is 17.9. The van der Waals surface area contributed by atoms with Crippen molar-refractivity contribution in [2.45, 2.75) is 52.6 Å². The van der Waals surface area contributed by atoms with Gasteiger partial charge in [0.25, 0.3) is 5.56 Å². The maximum Gasteiger partial charge on any atom is 0.274 e. The second kappa shape index (κ2) is 8.42. The molecule has 3 aromatic rings. The van der Waals surface area contributed by atoms with Gasteiger partial charge in [-0.25, -0.2) is 9.67 Å². The molecule has 0 N–H and O–H groups in total. The number of rotatable bonds is 5. The van der Waals surface area contributed by atoms with Gasteiger partial charge in [0.05, 0.1) is 17.0 Å². The van der Waals surface area contributed by atoms with Crippen molar-refractivity contribution in [3.8, 4) is 0 Å². The monoisotopic (exact) mass is 407 g/mol. The van der Waals surface area contributed by atoms with Crippen LogP contribution >= 0.6 is 0 Å². The molecule has 3 heterocycles. The zero-order valence-corrected chi connectivity index (χ0v) is 17.9. The molecule has 0 unspecified atom stereocenters. The summed E-state index contributed by atoms with van der Waals surface area (Å²) in [5, 5.41) is 5.96. The summed E-state index contributed by atoms with van der Waals surface area (Å²) in [5.41, 5.74) is 0.584. The van der Waals surface area contributed by atoms with E-state index in [9.17, 15) is 9.59 Å². The number of hydrogen-bond acceptors (Lipinski definition) is 4. The zero-order chi connectivity index (χ0) is 21.3. The van der Waals surface area contributed by atoms with Gasteiger partial charge in [0, 0.05) is 44.0 Å². The lowest BCUT2D eigenvalue weighted by Crippen LogP contribution is -2.41. The molecular weight excluding hydrogens is 378 g/mol. The third-order valence-electron chi connectivity index (χ3n) is 6.28. The number of hydrogen-bond donors (Lipinski definition) is 0. The van der Waals surface area contributed by atoms with E-state index in [0.717, 1.165) is 43.7 Å². The lowest BCUT2D eigenvalue weighted by atomic mass is 9.94. The highest BCUT2D eigenvalue weighted by molar-refractivity contribution is 5.91. The smallest absolute Gasteiger partial charge is 0.274 e. The van der Waals surface area contributed by atoms with Crippen molar-refractivity contribution in [1.29, 1.82) is 0 Å². The first-order valence-corrected chi connectivity index (χ1v) is 10.8. The molecule has 0 spiro atoms. The van der Waals surface area contributed by atoms with Crippen LogP contribution in [0.4, 0.5) is 0 Å². The molecule has 0 bridgehead atoms. The SMILES string of the molecule is CCn1nc([C@@H](C)C(=O)N2CCC(Cn3ccnc3C)CC2)c2ccccc2c1=O. The maximum absolute atomic E-state index is 13.3. The molecule has 0 radical (unpaired) electrons. The van der Waals surface area contributed by atoms with Crippen LogP contribution < -0.4 is 5.56 Å². The molecular formula is C23H29N5O2. The number of amides is 1. The third-order valence-corrected chi connectivity index (χ3v) is 6.28. The minimum absolute atomic E-state index is 0.0891. The molecule has 0 aliphatic carbocycles. The molecule has 4 rings (SSSR count). The number of carbonyl (C=O) groups excluding carboxylic acids is 1. The summed E-state index contributed by atoms with van der Waals surface area (Å²) in [6, 6.07) is 7.45. The van der Waals surface area contributed by atoms with Crippen LogP contribution in [-0.2, 0) is 17.9 Å². The first-order valence-electron chi connectivity index (χ1n) is 10.8. The number of carbonyl (C=O) groups is 1. The van der Waals surface area contributed by atoms with E-state index in [1.165, 1.54) is 4.68 Å². The van der Waals surface area contributed by atoms with Gasteiger partial charge in [0.2, 0.25) is 5.91 Å². The Bertz CT molecular complexity index is 1110. The van der Waals surface area contributed by atoms with Crippen LogP contribution in [-0.4, -0.2) is 43.2 Å². The lowest BCUT2D eigenvalue weighted by Gasteiger charge is -2.34. The van der Waals surface area contributed by atoms with Gasteiger partial charge in [-0.2, -0.15) is 5.10 Å². The Balaban J connectivity index is 1.50. The molecule has 158 valence electrons. The number of likely N-dealkylation sites (tertiary alicyclic amines) is 1. The Hall–Kier alpha value is -2.96. The summed E-state index contributed by atoms with van der Waals surface area (Å²) in [6.07, 6.45) is 5.83. The van der Waals surface area contributed by atoms with Gasteiger partial charge >= 0.3 is 0 Å². The van der Waals surface area contributed by atoms with Crippen LogP contribution in [0.15, 0.2) is 41.5 Å². The number of fused-ring (bicyclic) bond motifs is 1. The highest BCUT2D eigenvalue weighted by Gasteiger charge is 2.29. The molecule has 1 saturated heterocycles. The number of aromatic nitrogens is 4. The van der Waals surface area contributed by atoms with E-state index in [1.54, 1.807) is 0 Å². The van der Waals surface area contributed by atoms with Gasteiger partial charge in [0.15, 0.2) is 0 Å². The molecule has 1 aliphatic heterocycles. The number of piperidine rings is 1. The van der Waals surface area contributed by atoms with Crippen LogP contribution in [0.3, 0.4) is 0 Å². The molecule has 2 aromatic heterocycles. The largest absolute Gasteiger partial charge is 0.342 e. The Morgan fingerprint density at radius 3 is 2.53 bits per heavy atom. The van der Waals surface area contributed by atoms with E-state index in [0.29, 0.717) is 23.5 Å². The molecule has 7 nitrogen and oxygen atoms in total. The van der Waals surface area contributed by atoms with Crippen molar-refractivity contribution >= 4 is 16.7 Å². The molecule has 1 fully saturated rings. The van der Waals surface area contributed by atoms with E-state index >= 15 is 0 Å². The second-order valence-corrected chi connectivity index (χ2v) is 8.17. The Morgan fingerprint density at radius 2 is 1.90 bits per heavy atom. The van der Waals surface area contributed by atoms with Crippen molar-refractivity contribution in [2.75, 3.05) is 13.1 Å². The predicted molar refractivity (Wildman–Crippen MR) is 116 cm³/mol. The molecule has 30 heavy (non-hydrogen) atoms. The van der Waals surface area contributed by atoms with Crippen molar-refractivity contribution in [2.24, 2.45) is 5.92 Å². The van der Waals surface area contributed by atoms with Crippen molar-refractivity contribution in [1.82, 2.24) is 24.2 Å². The lowest BCUT2D eigenvalue weighted by molar-refractivity contribution is -0.134. The summed E-state index contributed by atoms with van der Waals surface area (Å²) in [6.45, 7) is 8.77. The summed E-state index contributed by atoms with van der Waals surface area (Å²) < 4.78 is 3.65. The predicted octanol–water partition coefficient (Wildman–Crippen LogP) is 2.96. The standard InChI is InChI=1S/C23H29N5O2/c1-4-28-23(30)20-8-6-5-7-19(20)21(25-28)16(2)22(29)26-12-9-18(10-13-26)15-27-14-11-24-17(27)3/h5-8,11,14,16,18H,4,9-10,12-13,15H2,1-3H3/t16-/m1/s1. The average Bonchev–Trinajstić information content (AvgIpc) is 3.18. The van der Waals surface area contributed by atoms with E-state index in [4.69, 9.17) is 0 Å². The molecule has 1 atom stereocenters. The van der Waals surface area contributed by atoms with E-state index in [-0.39, 0.29) is 17.4 Å². The Labute approximate surface area is 176 Å². The van der Waals surface area contributed by atoms with Crippen LogP contribution in [0.5, 0.6) is 0 Å². The summed E-state index contributed by atoms with van der Waals surface area (Å²) in [7, 11) is 0. The van der Waals surface area contributed by atoms with Crippen molar-refractivity contribution in [3.05, 3.63) is 58.5 Å². The van der Waals surface area contributed by atoms with E-state index < -0.39 is 0 Å². The van der Waals surface area contributed by atoms with Gasteiger partial charge in [0.1, 0.15) is 5.82 Å². The molecule has 1 aliphatic rings. The number of aryl methyl sites for hydroxylation is 2. The first-order chi connectivity index (χ1) is 14.5. The Morgan fingerprint density at radius 1 is 1.20 bits per heavy atom. The van der Waals surface area contributed by atoms with Crippen LogP contribution in [0.25, 0.3) is 10.8 Å². The van der Waals surface area contributed by atoms with Crippen molar-refractivity contribution < 1.29 is 4.79 Å². The summed E-state index contributed by atoms with van der Waals surface area (Å²) in [4.78, 5) is 32.1. The maximum atomic E-state index is 13.3. The Kier molecular flexibility index (Phi) is 5.70.